The molecule has 1 aliphatic rings. The summed E-state index contributed by atoms with van der Waals surface area (Å²) in [5.74, 6) is 0. The van der Waals surface area contributed by atoms with Gasteiger partial charge in [0.05, 0.1) is 16.1 Å². The van der Waals surface area contributed by atoms with Gasteiger partial charge in [-0.3, -0.25) is 3.93 Å². The lowest BCUT2D eigenvalue weighted by molar-refractivity contribution is 0.571. The van der Waals surface area contributed by atoms with E-state index in [2.05, 4.69) is 33.4 Å². The van der Waals surface area contributed by atoms with Crippen molar-refractivity contribution in [3.63, 3.8) is 0 Å². The lowest BCUT2D eigenvalue weighted by Gasteiger charge is -2.16. The second kappa shape index (κ2) is 4.28. The maximum atomic E-state index is 5.67. The Morgan fingerprint density at radius 2 is 2.73 bits per heavy atom. The van der Waals surface area contributed by atoms with E-state index in [0.717, 1.165) is 12.1 Å². The molecule has 2 nitrogen and oxygen atoms in total. The summed E-state index contributed by atoms with van der Waals surface area (Å²) >= 11 is 9.46. The molecule has 1 aliphatic heterocycles. The lowest BCUT2D eigenvalue weighted by atomic mass is 10.3. The number of hydrogen-bond acceptors (Lipinski definition) is 4. The second-order valence-corrected chi connectivity index (χ2v) is 3.96. The van der Waals surface area contributed by atoms with Crippen molar-refractivity contribution in [2.45, 2.75) is 11.9 Å². The fraction of sp³-hybridized carbons (Fsp3) is 0.333. The molecule has 0 spiro atoms. The molecule has 11 heavy (non-hydrogen) atoms. The largest absolute Gasteiger partial charge is 0.302 e. The average Bonchev–Trinajstić information content (AvgIpc) is 2.31. The van der Waals surface area contributed by atoms with Crippen LogP contribution < -0.4 is 5.73 Å². The summed E-state index contributed by atoms with van der Waals surface area (Å²) in [6.45, 7) is 0. The molecule has 0 radical (unpaired) electrons. The van der Waals surface area contributed by atoms with E-state index < -0.39 is 0 Å². The fourth-order valence-corrected chi connectivity index (χ4v) is 2.20. The molecule has 0 amide bonds. The van der Waals surface area contributed by atoms with Crippen LogP contribution in [0.2, 0.25) is 0 Å². The predicted molar refractivity (Wildman–Crippen MR) is 56.2 cm³/mol. The fourth-order valence-electron chi connectivity index (χ4n) is 0.697. The summed E-state index contributed by atoms with van der Waals surface area (Å²) < 4.78 is 1.85. The maximum absolute atomic E-state index is 5.67. The van der Waals surface area contributed by atoms with Gasteiger partial charge in [-0.15, -0.1) is 0 Å². The third-order valence-corrected chi connectivity index (χ3v) is 3.47. The molecule has 1 atom stereocenters. The molecule has 1 rings (SSSR count). The summed E-state index contributed by atoms with van der Waals surface area (Å²) in [4.78, 5) is 0. The van der Waals surface area contributed by atoms with Gasteiger partial charge in [-0.1, -0.05) is 16.8 Å². The van der Waals surface area contributed by atoms with Crippen LogP contribution in [0.15, 0.2) is 17.2 Å². The van der Waals surface area contributed by atoms with Crippen molar-refractivity contribution < 1.29 is 0 Å². The van der Waals surface area contributed by atoms with Gasteiger partial charge in [0.25, 0.3) is 0 Å². The van der Waals surface area contributed by atoms with E-state index in [1.165, 1.54) is 0 Å². The number of thioether (sulfide) groups is 1. The van der Waals surface area contributed by atoms with Crippen LogP contribution in [0.3, 0.4) is 0 Å². The van der Waals surface area contributed by atoms with Crippen LogP contribution in [0.1, 0.15) is 6.42 Å². The van der Waals surface area contributed by atoms with E-state index in [0.29, 0.717) is 0 Å². The first-order chi connectivity index (χ1) is 5.25. The number of nitrogens with zero attached hydrogens (tertiary/aromatic N) is 1. The first kappa shape index (κ1) is 9.29. The van der Waals surface area contributed by atoms with Crippen LogP contribution in [0.5, 0.6) is 0 Å². The SMILES string of the molecule is NC1SC=C(CC=C=S)N1Br. The molecule has 0 saturated carbocycles. The minimum absolute atomic E-state index is 0.0106. The van der Waals surface area contributed by atoms with Gasteiger partial charge in [-0.05, 0) is 23.7 Å². The number of rotatable bonds is 2. The third-order valence-electron chi connectivity index (χ3n) is 1.24. The molecule has 0 saturated heterocycles. The van der Waals surface area contributed by atoms with Crippen molar-refractivity contribution in [3.05, 3.63) is 17.2 Å². The van der Waals surface area contributed by atoms with E-state index in [4.69, 9.17) is 5.73 Å². The van der Waals surface area contributed by atoms with E-state index >= 15 is 0 Å². The molecule has 60 valence electrons. The number of allylic oxidation sites excluding steroid dienone is 1. The number of halogens is 1. The topological polar surface area (TPSA) is 29.3 Å². The van der Waals surface area contributed by atoms with E-state index in [9.17, 15) is 0 Å². The van der Waals surface area contributed by atoms with Crippen molar-refractivity contribution in [1.82, 2.24) is 3.93 Å². The van der Waals surface area contributed by atoms with Crippen LogP contribution in [0, 0.1) is 0 Å². The smallest absolute Gasteiger partial charge is 0.139 e. The molecule has 1 unspecified atom stereocenters. The van der Waals surface area contributed by atoms with E-state index in [1.54, 1.807) is 17.8 Å². The van der Waals surface area contributed by atoms with Crippen LogP contribution in [0.25, 0.3) is 0 Å². The molecule has 0 aromatic rings. The standard InChI is InChI=1S/C6H7BrN2S2/c7-9-5(2-1-3-10)4-11-6(9)8/h1,4,6H,2,8H2. The van der Waals surface area contributed by atoms with Gasteiger partial charge in [0.15, 0.2) is 0 Å². The Labute approximate surface area is 83.8 Å². The number of hydrogen-bond donors (Lipinski definition) is 1. The van der Waals surface area contributed by atoms with Crippen LogP contribution in [-0.4, -0.2) is 14.4 Å². The number of nitrogens with two attached hydrogens (primary N) is 1. The minimum atomic E-state index is -0.0106. The molecule has 2 N–H and O–H groups in total. The molecular weight excluding hydrogens is 244 g/mol. The molecule has 5 heteroatoms. The third kappa shape index (κ3) is 2.32. The zero-order chi connectivity index (χ0) is 8.27. The first-order valence-electron chi connectivity index (χ1n) is 3.00. The van der Waals surface area contributed by atoms with Crippen LogP contribution in [0.4, 0.5) is 0 Å². The molecule has 0 aromatic heterocycles. The lowest BCUT2D eigenvalue weighted by Crippen LogP contribution is -2.26. The van der Waals surface area contributed by atoms with Crippen molar-refractivity contribution in [2.75, 3.05) is 0 Å². The monoisotopic (exact) mass is 250 g/mol. The van der Waals surface area contributed by atoms with Crippen molar-refractivity contribution in [1.29, 1.82) is 0 Å². The van der Waals surface area contributed by atoms with Gasteiger partial charge in [0.1, 0.15) is 5.50 Å². The molecule has 1 heterocycles. The van der Waals surface area contributed by atoms with Gasteiger partial charge in [-0.2, -0.15) is 0 Å². The van der Waals surface area contributed by atoms with Crippen molar-refractivity contribution >= 4 is 45.1 Å². The van der Waals surface area contributed by atoms with Crippen LogP contribution >= 0.6 is 40.1 Å². The highest BCUT2D eigenvalue weighted by Gasteiger charge is 2.19. The average molecular weight is 251 g/mol. The Balaban J connectivity index is 2.53. The highest BCUT2D eigenvalue weighted by Crippen LogP contribution is 2.32. The summed E-state index contributed by atoms with van der Waals surface area (Å²) in [6.07, 6.45) is 2.59. The Hall–Kier alpha value is 0.200. The molecule has 0 fully saturated rings. The first-order valence-corrected chi connectivity index (χ1v) is 5.06. The number of thiocarbonyl (C=S) groups is 1. The highest BCUT2D eigenvalue weighted by molar-refractivity contribution is 9.07. The van der Waals surface area contributed by atoms with Crippen LogP contribution in [-0.2, 0) is 0 Å². The predicted octanol–water partition coefficient (Wildman–Crippen LogP) is 1.97. The molecular formula is C6H7BrN2S2. The zero-order valence-electron chi connectivity index (χ0n) is 5.66. The molecule has 0 bridgehead atoms. The second-order valence-electron chi connectivity index (χ2n) is 1.97. The summed E-state index contributed by atoms with van der Waals surface area (Å²) in [6, 6.07) is 0. The molecule has 0 aliphatic carbocycles. The maximum Gasteiger partial charge on any atom is 0.139 e. The van der Waals surface area contributed by atoms with E-state index in [1.807, 2.05) is 9.33 Å². The Bertz CT molecular complexity index is 223. The van der Waals surface area contributed by atoms with Gasteiger partial charge >= 0.3 is 0 Å². The normalized spacial score (nSPS) is 22.9. The zero-order valence-corrected chi connectivity index (χ0v) is 8.88. The van der Waals surface area contributed by atoms with Gasteiger partial charge < -0.3 is 5.73 Å². The minimum Gasteiger partial charge on any atom is -0.302 e. The van der Waals surface area contributed by atoms with Gasteiger partial charge in [0, 0.05) is 12.1 Å². The highest BCUT2D eigenvalue weighted by atomic mass is 79.9. The van der Waals surface area contributed by atoms with E-state index in [-0.39, 0.29) is 5.50 Å². The van der Waals surface area contributed by atoms with Crippen molar-refractivity contribution in [2.24, 2.45) is 5.73 Å². The molecule has 0 aromatic carbocycles. The Kier molecular flexibility index (Phi) is 3.62. The Morgan fingerprint density at radius 1 is 2.00 bits per heavy atom. The summed E-state index contributed by atoms with van der Waals surface area (Å²) in [5.41, 5.74) is 6.78. The van der Waals surface area contributed by atoms with Crippen molar-refractivity contribution in [3.8, 4) is 0 Å². The summed E-state index contributed by atoms with van der Waals surface area (Å²) in [7, 11) is 0. The van der Waals surface area contributed by atoms with Gasteiger partial charge in [-0.25, -0.2) is 0 Å². The Morgan fingerprint density at radius 3 is 3.18 bits per heavy atom. The quantitative estimate of drug-likeness (QED) is 0.600. The van der Waals surface area contributed by atoms with Gasteiger partial charge in [0.2, 0.25) is 0 Å². The summed E-state index contributed by atoms with van der Waals surface area (Å²) in [5, 5.41) is 4.57.